The van der Waals surface area contributed by atoms with Crippen LogP contribution in [0.4, 0.5) is 10.1 Å². The van der Waals surface area contributed by atoms with E-state index in [1.807, 2.05) is 0 Å². The lowest BCUT2D eigenvalue weighted by Crippen LogP contribution is -2.18. The zero-order valence-electron chi connectivity index (χ0n) is 15.1. The number of aromatic nitrogens is 2. The van der Waals surface area contributed by atoms with Crippen molar-refractivity contribution in [2.45, 2.75) is 17.3 Å². The second kappa shape index (κ2) is 9.16. The maximum Gasteiger partial charge on any atom is 0.251 e. The minimum Gasteiger partial charge on any atom is -0.366 e. The molecular weight excluding hydrogens is 395 g/mol. The van der Waals surface area contributed by atoms with Gasteiger partial charge in [-0.25, -0.2) is 9.37 Å². The number of nitrogens with zero attached hydrogens (tertiary/aromatic N) is 1. The average Bonchev–Trinajstić information content (AvgIpc) is 2.67. The quantitative estimate of drug-likeness (QED) is 0.407. The summed E-state index contributed by atoms with van der Waals surface area (Å²) < 4.78 is 13.0. The number of halogens is 1. The van der Waals surface area contributed by atoms with Crippen LogP contribution in [-0.2, 0) is 17.0 Å². The Hall–Kier alpha value is -3.46. The lowest BCUT2D eigenvalue weighted by Gasteiger charge is -2.07. The number of aromatic amines is 1. The van der Waals surface area contributed by atoms with Crippen LogP contribution in [0.15, 0.2) is 64.5 Å². The molecule has 148 valence electrons. The summed E-state index contributed by atoms with van der Waals surface area (Å²) in [5.74, 6) is -0.737. The number of hydrogen-bond acceptors (Lipinski definition) is 5. The third kappa shape index (κ3) is 6.01. The van der Waals surface area contributed by atoms with Gasteiger partial charge in [0.1, 0.15) is 5.82 Å². The second-order valence-corrected chi connectivity index (χ2v) is 7.09. The first-order chi connectivity index (χ1) is 13.9. The average molecular weight is 412 g/mol. The Bertz CT molecular complexity index is 1080. The van der Waals surface area contributed by atoms with Crippen molar-refractivity contribution in [2.75, 3.05) is 5.32 Å². The van der Waals surface area contributed by atoms with Gasteiger partial charge < -0.3 is 16.0 Å². The predicted octanol–water partition coefficient (Wildman–Crippen LogP) is 2.48. The van der Waals surface area contributed by atoms with Gasteiger partial charge in [-0.05, 0) is 42.0 Å². The molecular formula is C20H17FN4O3S. The van der Waals surface area contributed by atoms with Gasteiger partial charge >= 0.3 is 0 Å². The molecule has 9 heteroatoms. The van der Waals surface area contributed by atoms with Gasteiger partial charge in [0.15, 0.2) is 5.16 Å². The van der Waals surface area contributed by atoms with E-state index in [2.05, 4.69) is 15.3 Å². The van der Waals surface area contributed by atoms with Crippen molar-refractivity contribution in [3.05, 3.63) is 87.6 Å². The van der Waals surface area contributed by atoms with Crippen LogP contribution in [-0.4, -0.2) is 21.8 Å². The van der Waals surface area contributed by atoms with Gasteiger partial charge in [0.25, 0.3) is 5.56 Å². The highest BCUT2D eigenvalue weighted by Gasteiger charge is 2.09. The first-order valence-electron chi connectivity index (χ1n) is 8.56. The molecule has 1 heterocycles. The Morgan fingerprint density at radius 3 is 2.45 bits per heavy atom. The Kier molecular flexibility index (Phi) is 6.40. The van der Waals surface area contributed by atoms with Crippen LogP contribution in [0.5, 0.6) is 0 Å². The van der Waals surface area contributed by atoms with Crippen molar-refractivity contribution in [3.63, 3.8) is 0 Å². The molecule has 2 aromatic carbocycles. The monoisotopic (exact) mass is 412 g/mol. The number of primary amides is 1. The summed E-state index contributed by atoms with van der Waals surface area (Å²) in [6.45, 7) is 0. The Morgan fingerprint density at radius 2 is 1.79 bits per heavy atom. The summed E-state index contributed by atoms with van der Waals surface area (Å²) in [4.78, 5) is 42.1. The topological polar surface area (TPSA) is 118 Å². The fourth-order valence-corrected chi connectivity index (χ4v) is 3.31. The number of carbonyl (C=O) groups excluding carboxylic acids is 2. The first-order valence-corrected chi connectivity index (χ1v) is 9.55. The molecule has 2 amide bonds. The molecule has 0 unspecified atom stereocenters. The number of amides is 2. The fourth-order valence-electron chi connectivity index (χ4n) is 2.46. The Balaban J connectivity index is 1.62. The van der Waals surface area contributed by atoms with Gasteiger partial charge in [-0.15, -0.1) is 0 Å². The van der Waals surface area contributed by atoms with Crippen LogP contribution in [0.1, 0.15) is 21.6 Å². The Labute approximate surface area is 169 Å². The fraction of sp³-hybridized carbons (Fsp3) is 0.100. The molecule has 0 aliphatic rings. The maximum atomic E-state index is 13.0. The third-order valence-electron chi connectivity index (χ3n) is 3.86. The molecule has 3 rings (SSSR count). The van der Waals surface area contributed by atoms with Crippen LogP contribution in [0.25, 0.3) is 0 Å². The summed E-state index contributed by atoms with van der Waals surface area (Å²) in [5.41, 5.74) is 6.84. The van der Waals surface area contributed by atoms with Gasteiger partial charge in [-0.2, -0.15) is 0 Å². The highest BCUT2D eigenvalue weighted by Crippen LogP contribution is 2.19. The van der Waals surface area contributed by atoms with Crippen molar-refractivity contribution in [2.24, 2.45) is 5.73 Å². The first kappa shape index (κ1) is 20.3. The lowest BCUT2D eigenvalue weighted by molar-refractivity contribution is -0.115. The number of nitrogens with one attached hydrogen (secondary N) is 2. The molecule has 0 aliphatic heterocycles. The van der Waals surface area contributed by atoms with E-state index >= 15 is 0 Å². The minimum atomic E-state index is -0.554. The van der Waals surface area contributed by atoms with E-state index in [9.17, 15) is 18.8 Å². The van der Waals surface area contributed by atoms with E-state index in [0.717, 1.165) is 5.56 Å². The standard InChI is InChI=1S/C20H17FN4O3S/c21-14-5-1-12(2-6-14)11-29-20-24-16(10-18(27)25-20)9-17(26)23-15-7-3-13(4-8-15)19(22)28/h1-8,10H,9,11H2,(H2,22,28)(H,23,26)(H,24,25,27). The van der Waals surface area contributed by atoms with Gasteiger partial charge in [0, 0.05) is 23.1 Å². The summed E-state index contributed by atoms with van der Waals surface area (Å²) in [6.07, 6.45) is -0.0917. The van der Waals surface area contributed by atoms with E-state index in [0.29, 0.717) is 27.9 Å². The van der Waals surface area contributed by atoms with Gasteiger partial charge in [-0.1, -0.05) is 23.9 Å². The number of benzene rings is 2. The van der Waals surface area contributed by atoms with E-state index in [1.165, 1.54) is 42.1 Å². The molecule has 0 aliphatic carbocycles. The molecule has 0 spiro atoms. The number of anilines is 1. The second-order valence-electron chi connectivity index (χ2n) is 6.12. The zero-order chi connectivity index (χ0) is 20.8. The molecule has 0 bridgehead atoms. The summed E-state index contributed by atoms with van der Waals surface area (Å²) in [7, 11) is 0. The van der Waals surface area contributed by atoms with Crippen molar-refractivity contribution in [3.8, 4) is 0 Å². The smallest absolute Gasteiger partial charge is 0.251 e. The molecule has 0 atom stereocenters. The molecule has 0 fully saturated rings. The minimum absolute atomic E-state index is 0.0917. The molecule has 0 radical (unpaired) electrons. The van der Waals surface area contributed by atoms with E-state index in [-0.39, 0.29) is 23.7 Å². The summed E-state index contributed by atoms with van der Waals surface area (Å²) >= 11 is 1.28. The molecule has 3 aromatic rings. The van der Waals surface area contributed by atoms with Gasteiger partial charge in [0.2, 0.25) is 11.8 Å². The predicted molar refractivity (Wildman–Crippen MR) is 108 cm³/mol. The molecule has 7 nitrogen and oxygen atoms in total. The maximum absolute atomic E-state index is 13.0. The van der Waals surface area contributed by atoms with Crippen LogP contribution < -0.4 is 16.6 Å². The van der Waals surface area contributed by atoms with E-state index in [4.69, 9.17) is 5.73 Å². The van der Waals surface area contributed by atoms with Crippen molar-refractivity contribution in [1.82, 2.24) is 9.97 Å². The lowest BCUT2D eigenvalue weighted by atomic mass is 10.2. The van der Waals surface area contributed by atoms with E-state index in [1.54, 1.807) is 24.3 Å². The molecule has 0 saturated heterocycles. The SMILES string of the molecule is NC(=O)c1ccc(NC(=O)Cc2cc(=O)[nH]c(SCc3ccc(F)cc3)n2)cc1. The molecule has 1 aromatic heterocycles. The van der Waals surface area contributed by atoms with Crippen molar-refractivity contribution in [1.29, 1.82) is 0 Å². The van der Waals surface area contributed by atoms with Crippen molar-refractivity contribution >= 4 is 29.3 Å². The normalized spacial score (nSPS) is 10.5. The largest absolute Gasteiger partial charge is 0.366 e. The molecule has 29 heavy (non-hydrogen) atoms. The number of carbonyl (C=O) groups is 2. The number of H-pyrrole nitrogens is 1. The van der Waals surface area contributed by atoms with Crippen molar-refractivity contribution < 1.29 is 14.0 Å². The zero-order valence-corrected chi connectivity index (χ0v) is 16.0. The highest BCUT2D eigenvalue weighted by molar-refractivity contribution is 7.98. The number of hydrogen-bond donors (Lipinski definition) is 3. The van der Waals surface area contributed by atoms with Crippen LogP contribution in [0.2, 0.25) is 0 Å². The molecule has 4 N–H and O–H groups in total. The number of thioether (sulfide) groups is 1. The number of rotatable bonds is 7. The summed E-state index contributed by atoms with van der Waals surface area (Å²) in [6, 6.07) is 13.4. The van der Waals surface area contributed by atoms with Crippen LogP contribution in [0.3, 0.4) is 0 Å². The highest BCUT2D eigenvalue weighted by atomic mass is 32.2. The number of nitrogens with two attached hydrogens (primary N) is 1. The van der Waals surface area contributed by atoms with Gasteiger partial charge in [-0.3, -0.25) is 14.4 Å². The summed E-state index contributed by atoms with van der Waals surface area (Å²) in [5, 5.41) is 3.04. The molecule has 0 saturated carbocycles. The van der Waals surface area contributed by atoms with Crippen LogP contribution in [0, 0.1) is 5.82 Å². The van der Waals surface area contributed by atoms with E-state index < -0.39 is 5.91 Å². The Morgan fingerprint density at radius 1 is 1.10 bits per heavy atom. The third-order valence-corrected chi connectivity index (χ3v) is 4.80. The van der Waals surface area contributed by atoms with Gasteiger partial charge in [0.05, 0.1) is 12.1 Å². The van der Waals surface area contributed by atoms with Crippen LogP contribution >= 0.6 is 11.8 Å².